The van der Waals surface area contributed by atoms with E-state index in [2.05, 4.69) is 19.3 Å². The van der Waals surface area contributed by atoms with Gasteiger partial charge in [-0.05, 0) is 36.6 Å². The van der Waals surface area contributed by atoms with Crippen molar-refractivity contribution in [2.24, 2.45) is 11.8 Å². The Bertz CT molecular complexity index is 316. The fraction of sp³-hybridized carbons (Fsp3) is 0.538. The Labute approximate surface area is 107 Å². The van der Waals surface area contributed by atoms with Gasteiger partial charge in [0, 0.05) is 16.7 Å². The van der Waals surface area contributed by atoms with Crippen LogP contribution in [-0.4, -0.2) is 11.8 Å². The van der Waals surface area contributed by atoms with E-state index in [1.807, 2.05) is 0 Å². The molecular formula is C13H21FN2S. The smallest absolute Gasteiger partial charge is 0.123 e. The zero-order chi connectivity index (χ0) is 12.7. The molecule has 96 valence electrons. The summed E-state index contributed by atoms with van der Waals surface area (Å²) in [6.45, 7) is 4.41. The lowest BCUT2D eigenvalue weighted by molar-refractivity contribution is 0.423. The van der Waals surface area contributed by atoms with Crippen molar-refractivity contribution in [1.29, 1.82) is 0 Å². The van der Waals surface area contributed by atoms with Crippen molar-refractivity contribution in [2.45, 2.75) is 37.6 Å². The average molecular weight is 256 g/mol. The normalized spacial score (nSPS) is 14.6. The molecule has 0 aliphatic rings. The summed E-state index contributed by atoms with van der Waals surface area (Å²) in [6, 6.07) is 6.89. The van der Waals surface area contributed by atoms with Gasteiger partial charge in [0.25, 0.3) is 0 Å². The number of hydrogen-bond donors (Lipinski definition) is 2. The second-order valence-electron chi connectivity index (χ2n) is 4.38. The number of hydrazine groups is 1. The zero-order valence-corrected chi connectivity index (χ0v) is 11.3. The molecule has 0 aromatic heterocycles. The molecule has 0 bridgehead atoms. The molecule has 0 aliphatic carbocycles. The summed E-state index contributed by atoms with van der Waals surface area (Å²) >= 11 is 1.71. The van der Waals surface area contributed by atoms with Gasteiger partial charge in [-0.1, -0.05) is 20.3 Å². The van der Waals surface area contributed by atoms with Crippen LogP contribution in [0.25, 0.3) is 0 Å². The van der Waals surface area contributed by atoms with Crippen molar-refractivity contribution >= 4 is 11.8 Å². The highest BCUT2D eigenvalue weighted by Gasteiger charge is 2.11. The molecule has 0 saturated carbocycles. The summed E-state index contributed by atoms with van der Waals surface area (Å²) < 4.78 is 12.7. The lowest BCUT2D eigenvalue weighted by atomic mass is 10.0. The fourth-order valence-corrected chi connectivity index (χ4v) is 2.52. The van der Waals surface area contributed by atoms with Crippen LogP contribution in [0.15, 0.2) is 29.2 Å². The van der Waals surface area contributed by atoms with Gasteiger partial charge < -0.3 is 0 Å². The quantitative estimate of drug-likeness (QED) is 0.447. The third-order valence-electron chi connectivity index (χ3n) is 2.88. The van der Waals surface area contributed by atoms with Gasteiger partial charge in [0.1, 0.15) is 5.82 Å². The maximum atomic E-state index is 12.7. The molecule has 2 unspecified atom stereocenters. The van der Waals surface area contributed by atoms with Gasteiger partial charge in [-0.2, -0.15) is 0 Å². The first kappa shape index (κ1) is 14.5. The van der Waals surface area contributed by atoms with Crippen LogP contribution in [0, 0.1) is 11.7 Å². The van der Waals surface area contributed by atoms with Gasteiger partial charge in [-0.15, -0.1) is 11.8 Å². The molecule has 0 aliphatic heterocycles. The molecule has 3 N–H and O–H groups in total. The number of nitrogens with two attached hydrogens (primary N) is 1. The molecular weight excluding hydrogens is 235 g/mol. The van der Waals surface area contributed by atoms with Crippen LogP contribution in [0.5, 0.6) is 0 Å². The lowest BCUT2D eigenvalue weighted by Crippen LogP contribution is -2.38. The molecule has 0 radical (unpaired) electrons. The molecule has 1 aromatic carbocycles. The summed E-state index contributed by atoms with van der Waals surface area (Å²) in [5.74, 6) is 6.93. The lowest BCUT2D eigenvalue weighted by Gasteiger charge is -2.19. The van der Waals surface area contributed by atoms with E-state index in [0.29, 0.717) is 12.0 Å². The highest BCUT2D eigenvalue weighted by atomic mass is 32.2. The minimum Gasteiger partial charge on any atom is -0.271 e. The zero-order valence-electron chi connectivity index (χ0n) is 10.4. The van der Waals surface area contributed by atoms with Crippen molar-refractivity contribution in [3.8, 4) is 0 Å². The molecule has 1 rings (SSSR count). The Morgan fingerprint density at radius 2 is 2.00 bits per heavy atom. The highest BCUT2D eigenvalue weighted by Crippen LogP contribution is 2.21. The van der Waals surface area contributed by atoms with Crippen molar-refractivity contribution in [2.75, 3.05) is 5.75 Å². The first-order valence-corrected chi connectivity index (χ1v) is 6.98. The van der Waals surface area contributed by atoms with Crippen LogP contribution < -0.4 is 11.3 Å². The Morgan fingerprint density at radius 3 is 2.53 bits per heavy atom. The summed E-state index contributed by atoms with van der Waals surface area (Å²) in [6.07, 6.45) is 2.24. The average Bonchev–Trinajstić information content (AvgIpc) is 2.36. The first-order valence-electron chi connectivity index (χ1n) is 6.00. The van der Waals surface area contributed by atoms with Crippen LogP contribution in [0.1, 0.15) is 26.7 Å². The van der Waals surface area contributed by atoms with Crippen LogP contribution in [0.4, 0.5) is 4.39 Å². The third-order valence-corrected chi connectivity index (χ3v) is 4.06. The van der Waals surface area contributed by atoms with Crippen molar-refractivity contribution in [3.05, 3.63) is 30.1 Å². The van der Waals surface area contributed by atoms with Gasteiger partial charge >= 0.3 is 0 Å². The Kier molecular flexibility index (Phi) is 6.55. The van der Waals surface area contributed by atoms with E-state index in [1.54, 1.807) is 23.9 Å². The number of benzene rings is 1. The van der Waals surface area contributed by atoms with Crippen LogP contribution in [-0.2, 0) is 0 Å². The third kappa shape index (κ3) is 5.52. The predicted octanol–water partition coefficient (Wildman–Crippen LogP) is 3.19. The van der Waals surface area contributed by atoms with Crippen LogP contribution in [0.3, 0.4) is 0 Å². The number of hydrogen-bond acceptors (Lipinski definition) is 3. The van der Waals surface area contributed by atoms with E-state index in [-0.39, 0.29) is 5.82 Å². The number of nitrogens with one attached hydrogen (secondary N) is 1. The number of rotatable bonds is 7. The Morgan fingerprint density at radius 1 is 1.35 bits per heavy atom. The summed E-state index contributed by atoms with van der Waals surface area (Å²) in [5.41, 5.74) is 2.85. The minimum atomic E-state index is -0.192. The van der Waals surface area contributed by atoms with Gasteiger partial charge in [-0.25, -0.2) is 4.39 Å². The monoisotopic (exact) mass is 256 g/mol. The van der Waals surface area contributed by atoms with E-state index in [1.165, 1.54) is 18.6 Å². The van der Waals surface area contributed by atoms with Crippen LogP contribution >= 0.6 is 11.8 Å². The van der Waals surface area contributed by atoms with Crippen molar-refractivity contribution in [3.63, 3.8) is 0 Å². The second-order valence-corrected chi connectivity index (χ2v) is 5.47. The van der Waals surface area contributed by atoms with E-state index >= 15 is 0 Å². The van der Waals surface area contributed by atoms with Gasteiger partial charge in [-0.3, -0.25) is 11.3 Å². The largest absolute Gasteiger partial charge is 0.271 e. The fourth-order valence-electron chi connectivity index (χ4n) is 1.56. The van der Waals surface area contributed by atoms with E-state index < -0.39 is 0 Å². The first-order chi connectivity index (χ1) is 8.15. The minimum absolute atomic E-state index is 0.192. The summed E-state index contributed by atoms with van der Waals surface area (Å²) in [4.78, 5) is 1.08. The van der Waals surface area contributed by atoms with Crippen molar-refractivity contribution in [1.82, 2.24) is 5.43 Å². The van der Waals surface area contributed by atoms with E-state index in [0.717, 1.165) is 17.1 Å². The molecule has 17 heavy (non-hydrogen) atoms. The molecule has 0 fully saturated rings. The van der Waals surface area contributed by atoms with Gasteiger partial charge in [0.15, 0.2) is 0 Å². The van der Waals surface area contributed by atoms with Crippen LogP contribution in [0.2, 0.25) is 0 Å². The van der Waals surface area contributed by atoms with Crippen molar-refractivity contribution < 1.29 is 4.39 Å². The molecule has 0 saturated heterocycles. The molecule has 1 aromatic rings. The maximum absolute atomic E-state index is 12.7. The summed E-state index contributed by atoms with van der Waals surface area (Å²) in [5, 5.41) is 0. The topological polar surface area (TPSA) is 38.0 Å². The predicted molar refractivity (Wildman–Crippen MR) is 72.3 cm³/mol. The maximum Gasteiger partial charge on any atom is 0.123 e. The number of thioether (sulfide) groups is 1. The second kappa shape index (κ2) is 7.69. The van der Waals surface area contributed by atoms with Gasteiger partial charge in [0.05, 0.1) is 0 Å². The molecule has 2 nitrogen and oxygen atoms in total. The van der Waals surface area contributed by atoms with E-state index in [4.69, 9.17) is 5.84 Å². The summed E-state index contributed by atoms with van der Waals surface area (Å²) in [7, 11) is 0. The van der Waals surface area contributed by atoms with Gasteiger partial charge in [0.2, 0.25) is 0 Å². The molecule has 0 heterocycles. The number of halogens is 1. The molecule has 0 spiro atoms. The Balaban J connectivity index is 2.39. The highest BCUT2D eigenvalue weighted by molar-refractivity contribution is 7.99. The van der Waals surface area contributed by atoms with E-state index in [9.17, 15) is 4.39 Å². The SMILES string of the molecule is CCC(C)CC(CSc1ccc(F)cc1)NN. The molecule has 0 amide bonds. The Hall–Kier alpha value is -0.580. The molecule has 4 heteroatoms. The standard InChI is InChI=1S/C13H21FN2S/c1-3-10(2)8-12(16-15)9-17-13-6-4-11(14)5-7-13/h4-7,10,12,16H,3,8-9,15H2,1-2H3. The molecule has 2 atom stereocenters.